The van der Waals surface area contributed by atoms with Gasteiger partial charge < -0.3 is 10.4 Å². The first-order valence-electron chi connectivity index (χ1n) is 5.53. The molecule has 0 unspecified atom stereocenters. The largest absolute Gasteiger partial charge is 0.394 e. The van der Waals surface area contributed by atoms with E-state index in [1.807, 2.05) is 24.6 Å². The number of aliphatic hydroxyl groups excluding tert-OH is 1. The number of hydrogen-bond donors (Lipinski definition) is 2. The van der Waals surface area contributed by atoms with Crippen LogP contribution in [0.1, 0.15) is 35.7 Å². The fraction of sp³-hybridized carbons (Fsp3) is 0.583. The van der Waals surface area contributed by atoms with Gasteiger partial charge in [0.2, 0.25) is 0 Å². The van der Waals surface area contributed by atoms with E-state index in [-0.39, 0.29) is 12.5 Å². The number of rotatable bonds is 4. The van der Waals surface area contributed by atoms with Crippen LogP contribution in [0, 0.1) is 12.8 Å². The van der Waals surface area contributed by atoms with Crippen molar-refractivity contribution in [1.82, 2.24) is 5.32 Å². The molecule has 1 amide bonds. The van der Waals surface area contributed by atoms with Gasteiger partial charge >= 0.3 is 0 Å². The van der Waals surface area contributed by atoms with Crippen LogP contribution in [0.15, 0.2) is 10.8 Å². The minimum absolute atomic E-state index is 0.00654. The number of nitrogens with one attached hydrogen (secondary N) is 1. The number of carbonyl (C=O) groups is 1. The van der Waals surface area contributed by atoms with Gasteiger partial charge in [-0.05, 0) is 43.6 Å². The molecule has 1 fully saturated rings. The molecule has 3 nitrogen and oxygen atoms in total. The molecule has 2 N–H and O–H groups in total. The minimum atomic E-state index is -0.453. The van der Waals surface area contributed by atoms with Gasteiger partial charge in [-0.2, -0.15) is 11.3 Å². The summed E-state index contributed by atoms with van der Waals surface area (Å²) in [6, 6.07) is 0. The van der Waals surface area contributed by atoms with E-state index in [1.165, 1.54) is 11.3 Å². The Hall–Kier alpha value is -0.870. The van der Waals surface area contributed by atoms with Crippen molar-refractivity contribution in [3.63, 3.8) is 0 Å². The topological polar surface area (TPSA) is 49.3 Å². The highest BCUT2D eigenvalue weighted by atomic mass is 32.1. The van der Waals surface area contributed by atoms with Gasteiger partial charge in [0.15, 0.2) is 0 Å². The maximum absolute atomic E-state index is 12.0. The second kappa shape index (κ2) is 4.18. The highest BCUT2D eigenvalue weighted by molar-refractivity contribution is 7.08. The molecule has 1 atom stereocenters. The highest BCUT2D eigenvalue weighted by Crippen LogP contribution is 2.39. The van der Waals surface area contributed by atoms with Gasteiger partial charge in [0.1, 0.15) is 0 Å². The molecular formula is C12H17NO2S. The van der Waals surface area contributed by atoms with Crippen molar-refractivity contribution in [3.8, 4) is 0 Å². The van der Waals surface area contributed by atoms with Crippen LogP contribution < -0.4 is 5.32 Å². The zero-order valence-electron chi connectivity index (χ0n) is 9.62. The summed E-state index contributed by atoms with van der Waals surface area (Å²) in [7, 11) is 0. The average molecular weight is 239 g/mol. The van der Waals surface area contributed by atoms with Crippen LogP contribution in [0.3, 0.4) is 0 Å². The Morgan fingerprint density at radius 1 is 1.62 bits per heavy atom. The molecule has 1 aliphatic rings. The maximum atomic E-state index is 12.0. The maximum Gasteiger partial charge on any atom is 0.252 e. The fourth-order valence-electron chi connectivity index (χ4n) is 1.91. The van der Waals surface area contributed by atoms with Crippen molar-refractivity contribution in [2.45, 2.75) is 32.2 Å². The van der Waals surface area contributed by atoms with Crippen molar-refractivity contribution in [2.24, 2.45) is 5.92 Å². The number of carbonyl (C=O) groups excluding carboxylic acids is 1. The van der Waals surface area contributed by atoms with Gasteiger partial charge in [-0.15, -0.1) is 0 Å². The lowest BCUT2D eigenvalue weighted by molar-refractivity contribution is 0.0824. The van der Waals surface area contributed by atoms with Gasteiger partial charge in [-0.1, -0.05) is 0 Å². The van der Waals surface area contributed by atoms with Gasteiger partial charge in [0.05, 0.1) is 17.7 Å². The van der Waals surface area contributed by atoms with Gasteiger partial charge in [-0.25, -0.2) is 0 Å². The molecule has 0 aliphatic heterocycles. The van der Waals surface area contributed by atoms with Crippen molar-refractivity contribution < 1.29 is 9.90 Å². The molecule has 0 saturated heterocycles. The molecule has 1 aromatic rings. The van der Waals surface area contributed by atoms with Gasteiger partial charge in [-0.3, -0.25) is 4.79 Å². The quantitative estimate of drug-likeness (QED) is 0.843. The third-order valence-electron chi connectivity index (χ3n) is 3.31. The Morgan fingerprint density at radius 3 is 2.75 bits per heavy atom. The Kier molecular flexibility index (Phi) is 3.04. The Labute approximate surface area is 99.5 Å². The molecule has 16 heavy (non-hydrogen) atoms. The second-order valence-corrected chi connectivity index (χ2v) is 5.52. The van der Waals surface area contributed by atoms with E-state index in [0.717, 1.165) is 24.0 Å². The van der Waals surface area contributed by atoms with Crippen molar-refractivity contribution in [1.29, 1.82) is 0 Å². The fourth-order valence-corrected chi connectivity index (χ4v) is 2.74. The molecule has 0 bridgehead atoms. The van der Waals surface area contributed by atoms with Crippen LogP contribution in [-0.2, 0) is 0 Å². The number of hydrogen-bond acceptors (Lipinski definition) is 3. The van der Waals surface area contributed by atoms with Crippen LogP contribution in [-0.4, -0.2) is 23.2 Å². The second-order valence-electron chi connectivity index (χ2n) is 4.77. The van der Waals surface area contributed by atoms with Crippen molar-refractivity contribution >= 4 is 17.2 Å². The SMILES string of the molecule is Cc1cscc1C(=O)N[C@](C)(CO)C1CC1. The molecule has 1 saturated carbocycles. The summed E-state index contributed by atoms with van der Waals surface area (Å²) < 4.78 is 0. The van der Waals surface area contributed by atoms with Crippen molar-refractivity contribution in [2.75, 3.05) is 6.61 Å². The van der Waals surface area contributed by atoms with Gasteiger partial charge in [0.25, 0.3) is 5.91 Å². The van der Waals surface area contributed by atoms with Crippen LogP contribution in [0.5, 0.6) is 0 Å². The molecule has 1 aliphatic carbocycles. The van der Waals surface area contributed by atoms with Crippen molar-refractivity contribution in [3.05, 3.63) is 21.9 Å². The summed E-state index contributed by atoms with van der Waals surface area (Å²) in [5.74, 6) is 0.364. The third-order valence-corrected chi connectivity index (χ3v) is 4.17. The molecule has 1 aromatic heterocycles. The zero-order chi connectivity index (χ0) is 11.8. The molecule has 0 aromatic carbocycles. The van der Waals surface area contributed by atoms with E-state index >= 15 is 0 Å². The molecular weight excluding hydrogens is 222 g/mol. The number of amides is 1. The Bertz CT molecular complexity index is 397. The smallest absolute Gasteiger partial charge is 0.252 e. The summed E-state index contributed by atoms with van der Waals surface area (Å²) in [4.78, 5) is 12.0. The number of thiophene rings is 1. The van der Waals surface area contributed by atoms with E-state index in [4.69, 9.17) is 0 Å². The zero-order valence-corrected chi connectivity index (χ0v) is 10.4. The molecule has 2 rings (SSSR count). The molecule has 0 radical (unpaired) electrons. The minimum Gasteiger partial charge on any atom is -0.394 e. The highest BCUT2D eigenvalue weighted by Gasteiger charge is 2.42. The summed E-state index contributed by atoms with van der Waals surface area (Å²) in [5.41, 5.74) is 1.27. The third kappa shape index (κ3) is 2.13. The summed E-state index contributed by atoms with van der Waals surface area (Å²) in [6.07, 6.45) is 2.19. The summed E-state index contributed by atoms with van der Waals surface area (Å²) >= 11 is 1.53. The van der Waals surface area contributed by atoms with Crippen LogP contribution in [0.2, 0.25) is 0 Å². The predicted molar refractivity (Wildman–Crippen MR) is 64.7 cm³/mol. The average Bonchev–Trinajstić information content (AvgIpc) is 3.02. The lowest BCUT2D eigenvalue weighted by atomic mass is 9.96. The number of aliphatic hydroxyl groups is 1. The molecule has 1 heterocycles. The molecule has 88 valence electrons. The van der Waals surface area contributed by atoms with Crippen LogP contribution >= 0.6 is 11.3 Å². The molecule has 4 heteroatoms. The first-order chi connectivity index (χ1) is 7.57. The van der Waals surface area contributed by atoms with E-state index in [9.17, 15) is 9.90 Å². The number of aryl methyl sites for hydroxylation is 1. The van der Waals surface area contributed by atoms with Gasteiger partial charge in [0, 0.05) is 5.38 Å². The van der Waals surface area contributed by atoms with Crippen LogP contribution in [0.4, 0.5) is 0 Å². The lowest BCUT2D eigenvalue weighted by Crippen LogP contribution is -2.50. The Balaban J connectivity index is 2.09. The lowest BCUT2D eigenvalue weighted by Gasteiger charge is -2.28. The summed E-state index contributed by atoms with van der Waals surface area (Å²) in [6.45, 7) is 3.86. The first kappa shape index (κ1) is 11.6. The first-order valence-corrected chi connectivity index (χ1v) is 6.47. The standard InChI is InChI=1S/C12H17NO2S/c1-8-5-16-6-10(8)11(15)13-12(2,7-14)9-3-4-9/h5-6,9,14H,3-4,7H2,1-2H3,(H,13,15)/t12-/m1/s1. The predicted octanol–water partition coefficient (Wildman–Crippen LogP) is 1.95. The van der Waals surface area contributed by atoms with Crippen LogP contribution in [0.25, 0.3) is 0 Å². The van der Waals surface area contributed by atoms with E-state index < -0.39 is 5.54 Å². The Morgan fingerprint density at radius 2 is 2.31 bits per heavy atom. The van der Waals surface area contributed by atoms with E-state index in [2.05, 4.69) is 5.32 Å². The normalized spacial score (nSPS) is 19.2. The van der Waals surface area contributed by atoms with E-state index in [1.54, 1.807) is 0 Å². The summed E-state index contributed by atoms with van der Waals surface area (Å²) in [5, 5.41) is 16.2. The molecule has 0 spiro atoms. The van der Waals surface area contributed by atoms with E-state index in [0.29, 0.717) is 5.92 Å². The monoisotopic (exact) mass is 239 g/mol.